The molecule has 0 radical (unpaired) electrons. The van der Waals surface area contributed by atoms with Crippen LogP contribution in [-0.4, -0.2) is 23.0 Å². The van der Waals surface area contributed by atoms with E-state index in [1.54, 1.807) is 6.92 Å². The number of hydrogen-bond acceptors (Lipinski definition) is 2. The minimum absolute atomic E-state index is 0.0608. The molecule has 0 bridgehead atoms. The number of rotatable bonds is 5. The first-order valence-electron chi connectivity index (χ1n) is 6.39. The van der Waals surface area contributed by atoms with Crippen molar-refractivity contribution in [2.24, 2.45) is 11.3 Å². The largest absolute Gasteiger partial charge is 0.481 e. The molecule has 0 heterocycles. The molecule has 0 spiro atoms. The van der Waals surface area contributed by atoms with Crippen LogP contribution in [0, 0.1) is 11.3 Å². The predicted octanol–water partition coefficient (Wildman–Crippen LogP) is 2.18. The Kier molecular flexibility index (Phi) is 4.54. The van der Waals surface area contributed by atoms with Crippen molar-refractivity contribution in [3.8, 4) is 0 Å². The highest BCUT2D eigenvalue weighted by Gasteiger charge is 2.39. The summed E-state index contributed by atoms with van der Waals surface area (Å²) in [6.07, 6.45) is 4.43. The number of hydrogen-bond donors (Lipinski definition) is 2. The van der Waals surface area contributed by atoms with Crippen LogP contribution in [0.2, 0.25) is 0 Å². The fourth-order valence-electron chi connectivity index (χ4n) is 2.21. The molecule has 0 saturated heterocycles. The number of carboxylic acid groups (broad SMARTS) is 1. The lowest BCUT2D eigenvalue weighted by molar-refractivity contribution is -0.153. The Bertz CT molecular complexity index is 295. The molecule has 17 heavy (non-hydrogen) atoms. The van der Waals surface area contributed by atoms with Gasteiger partial charge in [0.05, 0.1) is 5.41 Å². The van der Waals surface area contributed by atoms with E-state index >= 15 is 0 Å². The molecule has 0 aliphatic heterocycles. The zero-order valence-corrected chi connectivity index (χ0v) is 11.0. The lowest BCUT2D eigenvalue weighted by Crippen LogP contribution is -2.41. The van der Waals surface area contributed by atoms with E-state index in [0.29, 0.717) is 0 Å². The van der Waals surface area contributed by atoms with Crippen molar-refractivity contribution < 1.29 is 14.7 Å². The van der Waals surface area contributed by atoms with Crippen molar-refractivity contribution in [1.82, 2.24) is 5.32 Å². The minimum Gasteiger partial charge on any atom is -0.481 e. The highest BCUT2D eigenvalue weighted by Crippen LogP contribution is 2.31. The van der Waals surface area contributed by atoms with E-state index in [-0.39, 0.29) is 24.3 Å². The zero-order valence-electron chi connectivity index (χ0n) is 11.0. The Labute approximate surface area is 103 Å². The summed E-state index contributed by atoms with van der Waals surface area (Å²) in [5, 5.41) is 12.2. The maximum absolute atomic E-state index is 11.8. The quantitative estimate of drug-likeness (QED) is 0.775. The third kappa shape index (κ3) is 3.45. The van der Waals surface area contributed by atoms with Crippen molar-refractivity contribution in [3.05, 3.63) is 0 Å². The van der Waals surface area contributed by atoms with Crippen LogP contribution < -0.4 is 5.32 Å². The van der Waals surface area contributed by atoms with E-state index in [4.69, 9.17) is 0 Å². The SMILES string of the molecule is CC(C)C(C)(CC(=O)NC1CCCC1)C(=O)O. The summed E-state index contributed by atoms with van der Waals surface area (Å²) in [6, 6.07) is 0.257. The molecule has 1 rings (SSSR count). The predicted molar refractivity (Wildman–Crippen MR) is 65.6 cm³/mol. The number of aliphatic carboxylic acids is 1. The average Bonchev–Trinajstić information content (AvgIpc) is 2.69. The van der Waals surface area contributed by atoms with Gasteiger partial charge in [-0.3, -0.25) is 9.59 Å². The van der Waals surface area contributed by atoms with Gasteiger partial charge in [-0.15, -0.1) is 0 Å². The molecule has 1 fully saturated rings. The Morgan fingerprint density at radius 1 is 1.35 bits per heavy atom. The summed E-state index contributed by atoms with van der Waals surface area (Å²) in [7, 11) is 0. The molecule has 1 amide bonds. The Morgan fingerprint density at radius 2 is 1.88 bits per heavy atom. The maximum Gasteiger partial charge on any atom is 0.310 e. The summed E-state index contributed by atoms with van der Waals surface area (Å²) < 4.78 is 0. The maximum atomic E-state index is 11.8. The second kappa shape index (κ2) is 5.52. The smallest absolute Gasteiger partial charge is 0.310 e. The van der Waals surface area contributed by atoms with Gasteiger partial charge in [-0.05, 0) is 25.7 Å². The summed E-state index contributed by atoms with van der Waals surface area (Å²) in [5.74, 6) is -1.08. The molecule has 98 valence electrons. The van der Waals surface area contributed by atoms with E-state index in [1.165, 1.54) is 0 Å². The molecule has 2 N–H and O–H groups in total. The Balaban J connectivity index is 2.55. The van der Waals surface area contributed by atoms with Crippen LogP contribution in [0.15, 0.2) is 0 Å². The van der Waals surface area contributed by atoms with Crippen LogP contribution in [0.3, 0.4) is 0 Å². The number of amides is 1. The second-order valence-electron chi connectivity index (χ2n) is 5.60. The van der Waals surface area contributed by atoms with Gasteiger partial charge in [-0.25, -0.2) is 0 Å². The van der Waals surface area contributed by atoms with Gasteiger partial charge >= 0.3 is 5.97 Å². The Hall–Kier alpha value is -1.06. The first-order valence-corrected chi connectivity index (χ1v) is 6.39. The topological polar surface area (TPSA) is 66.4 Å². The molecule has 1 saturated carbocycles. The molecule has 0 aromatic rings. The van der Waals surface area contributed by atoms with Gasteiger partial charge in [0, 0.05) is 12.5 Å². The molecule has 4 heteroatoms. The molecule has 1 aliphatic carbocycles. The molecule has 0 aromatic heterocycles. The van der Waals surface area contributed by atoms with Gasteiger partial charge < -0.3 is 10.4 Å². The summed E-state index contributed by atoms with van der Waals surface area (Å²) >= 11 is 0. The van der Waals surface area contributed by atoms with Crippen LogP contribution in [0.5, 0.6) is 0 Å². The summed E-state index contributed by atoms with van der Waals surface area (Å²) in [4.78, 5) is 23.1. The monoisotopic (exact) mass is 241 g/mol. The second-order valence-corrected chi connectivity index (χ2v) is 5.60. The first-order chi connectivity index (χ1) is 7.86. The van der Waals surface area contributed by atoms with Crippen molar-refractivity contribution in [1.29, 1.82) is 0 Å². The number of nitrogens with one attached hydrogen (secondary N) is 1. The van der Waals surface area contributed by atoms with Crippen LogP contribution in [0.4, 0.5) is 0 Å². The van der Waals surface area contributed by atoms with E-state index in [0.717, 1.165) is 25.7 Å². The normalized spacial score (nSPS) is 20.2. The summed E-state index contributed by atoms with van der Waals surface area (Å²) in [6.45, 7) is 5.34. The van der Waals surface area contributed by atoms with Gasteiger partial charge in [0.1, 0.15) is 0 Å². The number of carbonyl (C=O) groups excluding carboxylic acids is 1. The van der Waals surface area contributed by atoms with Gasteiger partial charge in [0.15, 0.2) is 0 Å². The average molecular weight is 241 g/mol. The lowest BCUT2D eigenvalue weighted by Gasteiger charge is -2.28. The molecule has 1 aliphatic rings. The standard InChI is InChI=1S/C13H23NO3/c1-9(2)13(3,12(16)17)8-11(15)14-10-6-4-5-7-10/h9-10H,4-8H2,1-3H3,(H,14,15)(H,16,17). The van der Waals surface area contributed by atoms with Gasteiger partial charge in [-0.1, -0.05) is 26.7 Å². The fourth-order valence-corrected chi connectivity index (χ4v) is 2.21. The lowest BCUT2D eigenvalue weighted by atomic mass is 9.76. The number of carbonyl (C=O) groups is 2. The molecule has 4 nitrogen and oxygen atoms in total. The van der Waals surface area contributed by atoms with Crippen molar-refractivity contribution >= 4 is 11.9 Å². The molecule has 1 unspecified atom stereocenters. The van der Waals surface area contributed by atoms with Gasteiger partial charge in [0.2, 0.25) is 5.91 Å². The molecular formula is C13H23NO3. The van der Waals surface area contributed by atoms with Gasteiger partial charge in [-0.2, -0.15) is 0 Å². The van der Waals surface area contributed by atoms with E-state index in [1.807, 2.05) is 13.8 Å². The van der Waals surface area contributed by atoms with Crippen LogP contribution in [0.1, 0.15) is 52.9 Å². The van der Waals surface area contributed by atoms with Crippen molar-refractivity contribution in [2.45, 2.75) is 58.9 Å². The van der Waals surface area contributed by atoms with E-state index < -0.39 is 11.4 Å². The third-order valence-corrected chi connectivity index (χ3v) is 4.01. The Morgan fingerprint density at radius 3 is 2.29 bits per heavy atom. The molecular weight excluding hydrogens is 218 g/mol. The molecule has 0 aromatic carbocycles. The summed E-state index contributed by atoms with van der Waals surface area (Å²) in [5.41, 5.74) is -0.970. The van der Waals surface area contributed by atoms with E-state index in [2.05, 4.69) is 5.32 Å². The van der Waals surface area contributed by atoms with Crippen LogP contribution >= 0.6 is 0 Å². The van der Waals surface area contributed by atoms with Gasteiger partial charge in [0.25, 0.3) is 0 Å². The third-order valence-electron chi connectivity index (χ3n) is 4.01. The van der Waals surface area contributed by atoms with Crippen molar-refractivity contribution in [2.75, 3.05) is 0 Å². The first kappa shape index (κ1) is 14.0. The van der Waals surface area contributed by atoms with Crippen LogP contribution in [-0.2, 0) is 9.59 Å². The fraction of sp³-hybridized carbons (Fsp3) is 0.846. The highest BCUT2D eigenvalue weighted by atomic mass is 16.4. The minimum atomic E-state index is -0.970. The van der Waals surface area contributed by atoms with Crippen LogP contribution in [0.25, 0.3) is 0 Å². The number of carboxylic acids is 1. The zero-order chi connectivity index (χ0) is 13.1. The van der Waals surface area contributed by atoms with Crippen molar-refractivity contribution in [3.63, 3.8) is 0 Å². The van der Waals surface area contributed by atoms with E-state index in [9.17, 15) is 14.7 Å². The molecule has 1 atom stereocenters. The highest BCUT2D eigenvalue weighted by molar-refractivity contribution is 5.85.